The van der Waals surface area contributed by atoms with E-state index < -0.39 is 0 Å². The largest absolute Gasteiger partial charge is 0.443 e. The Labute approximate surface area is 152 Å². The summed E-state index contributed by atoms with van der Waals surface area (Å²) in [6.45, 7) is 8.47. The van der Waals surface area contributed by atoms with E-state index in [4.69, 9.17) is 9.26 Å². The van der Waals surface area contributed by atoms with E-state index in [0.29, 0.717) is 19.5 Å². The third-order valence-corrected chi connectivity index (χ3v) is 6.06. The normalized spacial score (nSPS) is 25.8. The van der Waals surface area contributed by atoms with Gasteiger partial charge >= 0.3 is 6.09 Å². The molecule has 3 aliphatic heterocycles. The van der Waals surface area contributed by atoms with Crippen molar-refractivity contribution in [3.63, 3.8) is 0 Å². The van der Waals surface area contributed by atoms with Gasteiger partial charge in [0.1, 0.15) is 11.9 Å². The molecule has 8 nitrogen and oxygen atoms in total. The fraction of sp³-hybridized carbons (Fsp3) is 0.722. The molecule has 0 saturated carbocycles. The molecule has 4 heterocycles. The van der Waals surface area contributed by atoms with Crippen LogP contribution < -0.4 is 5.32 Å². The van der Waals surface area contributed by atoms with Gasteiger partial charge in [-0.2, -0.15) is 0 Å². The smallest absolute Gasteiger partial charge is 0.407 e. The maximum Gasteiger partial charge on any atom is 0.407 e. The van der Waals surface area contributed by atoms with Crippen LogP contribution in [0.25, 0.3) is 0 Å². The molecule has 3 fully saturated rings. The molecule has 1 aromatic rings. The minimum atomic E-state index is -0.320. The van der Waals surface area contributed by atoms with Crippen LogP contribution >= 0.6 is 0 Å². The molecule has 1 atom stereocenters. The summed E-state index contributed by atoms with van der Waals surface area (Å²) in [5.74, 6) is 1.03. The van der Waals surface area contributed by atoms with E-state index in [9.17, 15) is 9.59 Å². The van der Waals surface area contributed by atoms with E-state index in [2.05, 4.69) is 15.4 Å². The lowest BCUT2D eigenvalue weighted by molar-refractivity contribution is -0.128. The predicted molar refractivity (Wildman–Crippen MR) is 92.4 cm³/mol. The SMILES string of the molecule is Cc1noc(C)c1CN1CC2(CCN(C[C@H]3CNC(=O)O3)CC2)CC1=O. The van der Waals surface area contributed by atoms with Crippen molar-refractivity contribution in [3.05, 3.63) is 17.0 Å². The molecule has 0 aliphatic carbocycles. The second-order valence-electron chi connectivity index (χ2n) is 7.94. The number of nitrogens with one attached hydrogen (secondary N) is 1. The van der Waals surface area contributed by atoms with Crippen LogP contribution in [0, 0.1) is 19.3 Å². The number of amides is 2. The van der Waals surface area contributed by atoms with Crippen LogP contribution in [0.4, 0.5) is 4.79 Å². The van der Waals surface area contributed by atoms with E-state index in [1.807, 2.05) is 18.7 Å². The number of hydrogen-bond donors (Lipinski definition) is 1. The lowest BCUT2D eigenvalue weighted by Gasteiger charge is -2.39. The summed E-state index contributed by atoms with van der Waals surface area (Å²) in [7, 11) is 0. The fourth-order valence-electron chi connectivity index (χ4n) is 4.41. The predicted octanol–water partition coefficient (Wildman–Crippen LogP) is 1.21. The van der Waals surface area contributed by atoms with Crippen LogP contribution in [0.5, 0.6) is 0 Å². The Hall–Kier alpha value is -2.09. The van der Waals surface area contributed by atoms with Gasteiger partial charge in [-0.1, -0.05) is 5.16 Å². The van der Waals surface area contributed by atoms with Crippen molar-refractivity contribution in [1.29, 1.82) is 0 Å². The third kappa shape index (κ3) is 3.30. The lowest BCUT2D eigenvalue weighted by atomic mass is 9.77. The second kappa shape index (κ2) is 6.57. The second-order valence-corrected chi connectivity index (χ2v) is 7.94. The maximum absolute atomic E-state index is 12.6. The first-order valence-corrected chi connectivity index (χ1v) is 9.30. The van der Waals surface area contributed by atoms with Crippen molar-refractivity contribution < 1.29 is 18.8 Å². The number of likely N-dealkylation sites (tertiary alicyclic amines) is 2. The quantitative estimate of drug-likeness (QED) is 0.866. The Balaban J connectivity index is 1.33. The number of piperidine rings is 1. The van der Waals surface area contributed by atoms with Crippen molar-refractivity contribution in [1.82, 2.24) is 20.3 Å². The number of aryl methyl sites for hydroxylation is 2. The number of hydrogen-bond acceptors (Lipinski definition) is 6. The van der Waals surface area contributed by atoms with Crippen LogP contribution in [0.2, 0.25) is 0 Å². The number of rotatable bonds is 4. The molecule has 3 saturated heterocycles. The number of nitrogens with zero attached hydrogens (tertiary/aromatic N) is 3. The topological polar surface area (TPSA) is 87.9 Å². The summed E-state index contributed by atoms with van der Waals surface area (Å²) in [6.07, 6.45) is 2.26. The fourth-order valence-corrected chi connectivity index (χ4v) is 4.41. The molecule has 2 amide bonds. The monoisotopic (exact) mass is 362 g/mol. The molecule has 1 N–H and O–H groups in total. The molecule has 4 rings (SSSR count). The minimum absolute atomic E-state index is 0.0576. The Kier molecular flexibility index (Phi) is 4.38. The Bertz CT molecular complexity index is 689. The number of carbonyl (C=O) groups excluding carboxylic acids is 2. The maximum atomic E-state index is 12.6. The van der Waals surface area contributed by atoms with Crippen LogP contribution in [0.1, 0.15) is 36.3 Å². The number of ether oxygens (including phenoxy) is 1. The molecule has 0 aromatic carbocycles. The van der Waals surface area contributed by atoms with Crippen LogP contribution in [0.15, 0.2) is 4.52 Å². The highest BCUT2D eigenvalue weighted by Crippen LogP contribution is 2.41. The average molecular weight is 362 g/mol. The summed E-state index contributed by atoms with van der Waals surface area (Å²) < 4.78 is 10.5. The number of alkyl carbamates (subject to hydrolysis) is 1. The summed E-state index contributed by atoms with van der Waals surface area (Å²) in [5, 5.41) is 6.69. The molecule has 26 heavy (non-hydrogen) atoms. The Morgan fingerprint density at radius 2 is 2.04 bits per heavy atom. The molecular weight excluding hydrogens is 336 g/mol. The molecule has 1 aromatic heterocycles. The van der Waals surface area contributed by atoms with E-state index >= 15 is 0 Å². The van der Waals surface area contributed by atoms with Gasteiger partial charge in [0.2, 0.25) is 5.91 Å². The van der Waals surface area contributed by atoms with Gasteiger partial charge in [0.25, 0.3) is 0 Å². The van der Waals surface area contributed by atoms with Gasteiger partial charge in [0, 0.05) is 25.1 Å². The summed E-state index contributed by atoms with van der Waals surface area (Å²) in [5.41, 5.74) is 1.98. The van der Waals surface area contributed by atoms with Gasteiger partial charge in [0.15, 0.2) is 0 Å². The van der Waals surface area contributed by atoms with Crippen molar-refractivity contribution in [2.75, 3.05) is 32.7 Å². The number of carbonyl (C=O) groups is 2. The molecule has 8 heteroatoms. The van der Waals surface area contributed by atoms with Crippen LogP contribution in [0.3, 0.4) is 0 Å². The highest BCUT2D eigenvalue weighted by Gasteiger charge is 2.45. The molecule has 0 bridgehead atoms. The van der Waals surface area contributed by atoms with E-state index in [0.717, 1.165) is 56.0 Å². The molecule has 1 spiro atoms. The molecule has 3 aliphatic rings. The van der Waals surface area contributed by atoms with Gasteiger partial charge in [-0.3, -0.25) is 9.69 Å². The van der Waals surface area contributed by atoms with E-state index in [1.54, 1.807) is 0 Å². The van der Waals surface area contributed by atoms with Crippen molar-refractivity contribution in [3.8, 4) is 0 Å². The number of aromatic nitrogens is 1. The number of cyclic esters (lactones) is 1. The van der Waals surface area contributed by atoms with Gasteiger partial charge in [-0.15, -0.1) is 0 Å². The summed E-state index contributed by atoms with van der Waals surface area (Å²) >= 11 is 0. The summed E-state index contributed by atoms with van der Waals surface area (Å²) in [4.78, 5) is 28.0. The zero-order chi connectivity index (χ0) is 18.3. The van der Waals surface area contributed by atoms with Crippen molar-refractivity contribution in [2.45, 2.75) is 45.8 Å². The average Bonchev–Trinajstić information content (AvgIpc) is 3.25. The first-order valence-electron chi connectivity index (χ1n) is 9.30. The lowest BCUT2D eigenvalue weighted by Crippen LogP contribution is -2.44. The Morgan fingerprint density at radius 1 is 1.27 bits per heavy atom. The van der Waals surface area contributed by atoms with E-state index in [-0.39, 0.29) is 23.5 Å². The van der Waals surface area contributed by atoms with Crippen LogP contribution in [-0.2, 0) is 16.1 Å². The van der Waals surface area contributed by atoms with Gasteiger partial charge in [0.05, 0.1) is 18.8 Å². The zero-order valence-electron chi connectivity index (χ0n) is 15.4. The van der Waals surface area contributed by atoms with E-state index in [1.165, 1.54) is 0 Å². The summed E-state index contributed by atoms with van der Waals surface area (Å²) in [6, 6.07) is 0. The Morgan fingerprint density at radius 3 is 2.65 bits per heavy atom. The van der Waals surface area contributed by atoms with Crippen molar-refractivity contribution in [2.24, 2.45) is 5.41 Å². The zero-order valence-corrected chi connectivity index (χ0v) is 15.4. The molecule has 0 unspecified atom stereocenters. The molecule has 142 valence electrons. The first-order chi connectivity index (χ1) is 12.4. The van der Waals surface area contributed by atoms with Gasteiger partial charge in [-0.05, 0) is 45.2 Å². The van der Waals surface area contributed by atoms with Gasteiger partial charge in [-0.25, -0.2) is 4.79 Å². The first kappa shape index (κ1) is 17.3. The molecule has 0 radical (unpaired) electrons. The van der Waals surface area contributed by atoms with Gasteiger partial charge < -0.3 is 19.5 Å². The molecular formula is C18H26N4O4. The highest BCUT2D eigenvalue weighted by atomic mass is 16.6. The minimum Gasteiger partial charge on any atom is -0.443 e. The van der Waals surface area contributed by atoms with Crippen LogP contribution in [-0.4, -0.2) is 65.8 Å². The third-order valence-electron chi connectivity index (χ3n) is 6.06. The highest BCUT2D eigenvalue weighted by molar-refractivity contribution is 5.79. The standard InChI is InChI=1S/C18H26N4O4/c1-12-15(13(2)26-20-12)10-22-11-18(7-16(22)23)3-5-21(6-4-18)9-14-8-19-17(24)25-14/h14H,3-11H2,1-2H3,(H,19,24)/t14-/m1/s1. The van der Waals surface area contributed by atoms with Crippen molar-refractivity contribution >= 4 is 12.0 Å².